The number of halogens is 1. The molecule has 1 N–H and O–H groups in total. The van der Waals surface area contributed by atoms with E-state index in [9.17, 15) is 4.39 Å². The molecule has 30 heavy (non-hydrogen) atoms. The second-order valence-electron chi connectivity index (χ2n) is 8.33. The predicted octanol–water partition coefficient (Wildman–Crippen LogP) is 4.78. The summed E-state index contributed by atoms with van der Waals surface area (Å²) in [5, 5.41) is 5.87. The molecule has 0 radical (unpaired) electrons. The van der Waals surface area contributed by atoms with Gasteiger partial charge in [0.1, 0.15) is 6.17 Å². The maximum Gasteiger partial charge on any atom is 0.163 e. The number of anilines is 1. The van der Waals surface area contributed by atoms with E-state index in [-0.39, 0.29) is 0 Å². The molecule has 1 aromatic heterocycles. The summed E-state index contributed by atoms with van der Waals surface area (Å²) in [6, 6.07) is 12.8. The van der Waals surface area contributed by atoms with Crippen LogP contribution in [0.2, 0.25) is 0 Å². The van der Waals surface area contributed by atoms with Crippen molar-refractivity contribution < 1.29 is 13.9 Å². The standard InChI is InChI=1S/C24H28FN3O2/c1-29-22-13-19-21(14-23(22)30-12-4-10-28-11-9-16(25)15-28)27-20-6-3-2-5-18(20)24(19)26-17-7-8-17/h2-3,5-6,13-14,16-17H,4,7-12,15H2,1H3,(H,26,27)/t16-/m0/s1. The van der Waals surface area contributed by atoms with Crippen LogP contribution >= 0.6 is 0 Å². The maximum absolute atomic E-state index is 13.3. The van der Waals surface area contributed by atoms with E-state index < -0.39 is 6.17 Å². The molecule has 0 spiro atoms. The lowest BCUT2D eigenvalue weighted by molar-refractivity contribution is 0.243. The molecule has 5 nitrogen and oxygen atoms in total. The average molecular weight is 410 g/mol. The van der Waals surface area contributed by atoms with Gasteiger partial charge in [-0.1, -0.05) is 18.2 Å². The van der Waals surface area contributed by atoms with E-state index >= 15 is 0 Å². The Morgan fingerprint density at radius 3 is 2.73 bits per heavy atom. The number of pyridine rings is 1. The van der Waals surface area contributed by atoms with Crippen LogP contribution in [0, 0.1) is 0 Å². The summed E-state index contributed by atoms with van der Waals surface area (Å²) in [5.41, 5.74) is 2.99. The minimum Gasteiger partial charge on any atom is -0.493 e. The summed E-state index contributed by atoms with van der Waals surface area (Å²) in [6.07, 6.45) is 3.24. The molecule has 1 saturated heterocycles. The number of fused-ring (bicyclic) bond motifs is 2. The van der Waals surface area contributed by atoms with Crippen LogP contribution in [0.4, 0.5) is 10.1 Å². The quantitative estimate of drug-likeness (QED) is 0.428. The Morgan fingerprint density at radius 1 is 1.10 bits per heavy atom. The molecular weight excluding hydrogens is 381 g/mol. The number of benzene rings is 2. The second-order valence-corrected chi connectivity index (χ2v) is 8.33. The number of alkyl halides is 1. The number of rotatable bonds is 8. The molecule has 1 aliphatic carbocycles. The van der Waals surface area contributed by atoms with Crippen LogP contribution in [-0.2, 0) is 0 Å². The van der Waals surface area contributed by atoms with E-state index in [2.05, 4.69) is 16.3 Å². The second kappa shape index (κ2) is 8.26. The van der Waals surface area contributed by atoms with Crippen molar-refractivity contribution in [1.29, 1.82) is 0 Å². The number of nitrogens with one attached hydrogen (secondary N) is 1. The van der Waals surface area contributed by atoms with Gasteiger partial charge in [0.05, 0.1) is 30.4 Å². The van der Waals surface area contributed by atoms with Crippen LogP contribution in [0.5, 0.6) is 11.5 Å². The highest BCUT2D eigenvalue weighted by atomic mass is 19.1. The third-order valence-electron chi connectivity index (χ3n) is 5.98. The fraction of sp³-hybridized carbons (Fsp3) is 0.458. The van der Waals surface area contributed by atoms with E-state index in [1.54, 1.807) is 7.11 Å². The number of hydrogen-bond acceptors (Lipinski definition) is 5. The van der Waals surface area contributed by atoms with Crippen molar-refractivity contribution in [3.05, 3.63) is 36.4 Å². The smallest absolute Gasteiger partial charge is 0.163 e. The van der Waals surface area contributed by atoms with E-state index in [1.807, 2.05) is 30.3 Å². The van der Waals surface area contributed by atoms with Crippen molar-refractivity contribution in [2.75, 3.05) is 38.7 Å². The minimum absolute atomic E-state index is 0.537. The molecule has 2 aromatic carbocycles. The highest BCUT2D eigenvalue weighted by Crippen LogP contribution is 2.40. The van der Waals surface area contributed by atoms with Crippen LogP contribution in [0.3, 0.4) is 0 Å². The molecule has 0 bridgehead atoms. The third-order valence-corrected chi connectivity index (χ3v) is 5.98. The lowest BCUT2D eigenvalue weighted by atomic mass is 10.1. The van der Waals surface area contributed by atoms with Crippen molar-refractivity contribution in [2.45, 2.75) is 37.9 Å². The first kappa shape index (κ1) is 19.4. The van der Waals surface area contributed by atoms with Gasteiger partial charge < -0.3 is 19.7 Å². The first-order valence-corrected chi connectivity index (χ1v) is 10.9. The molecule has 0 amide bonds. The summed E-state index contributed by atoms with van der Waals surface area (Å²) in [5.74, 6) is 1.42. The molecular formula is C24H28FN3O2. The van der Waals surface area contributed by atoms with Gasteiger partial charge >= 0.3 is 0 Å². The molecule has 0 unspecified atom stereocenters. The largest absolute Gasteiger partial charge is 0.493 e. The summed E-state index contributed by atoms with van der Waals surface area (Å²) in [6.45, 7) is 2.81. The number of aromatic nitrogens is 1. The molecule has 1 aliphatic heterocycles. The first-order valence-electron chi connectivity index (χ1n) is 10.9. The topological polar surface area (TPSA) is 46.6 Å². The molecule has 5 rings (SSSR count). The summed E-state index contributed by atoms with van der Waals surface area (Å²) < 4.78 is 25.0. The van der Waals surface area contributed by atoms with Gasteiger partial charge in [-0.25, -0.2) is 9.37 Å². The highest BCUT2D eigenvalue weighted by molar-refractivity contribution is 6.08. The van der Waals surface area contributed by atoms with Gasteiger partial charge in [-0.2, -0.15) is 0 Å². The Balaban J connectivity index is 1.40. The van der Waals surface area contributed by atoms with Gasteiger partial charge in [0, 0.05) is 42.5 Å². The predicted molar refractivity (Wildman–Crippen MR) is 119 cm³/mol. The lowest BCUT2D eigenvalue weighted by Crippen LogP contribution is -2.23. The fourth-order valence-corrected chi connectivity index (χ4v) is 4.22. The van der Waals surface area contributed by atoms with E-state index in [1.165, 1.54) is 12.8 Å². The monoisotopic (exact) mass is 409 g/mol. The molecule has 2 fully saturated rings. The number of methoxy groups -OCH3 is 1. The van der Waals surface area contributed by atoms with Gasteiger partial charge in [0.25, 0.3) is 0 Å². The Bertz CT molecular complexity index is 1050. The molecule has 2 aliphatic rings. The number of para-hydroxylation sites is 1. The zero-order valence-electron chi connectivity index (χ0n) is 17.4. The summed E-state index contributed by atoms with van der Waals surface area (Å²) in [7, 11) is 1.67. The highest BCUT2D eigenvalue weighted by Gasteiger charge is 2.24. The van der Waals surface area contributed by atoms with E-state index in [4.69, 9.17) is 14.5 Å². The average Bonchev–Trinajstić information content (AvgIpc) is 3.49. The molecule has 1 atom stereocenters. The van der Waals surface area contributed by atoms with Crippen molar-refractivity contribution >= 4 is 27.5 Å². The van der Waals surface area contributed by atoms with Crippen LogP contribution in [-0.4, -0.2) is 55.4 Å². The van der Waals surface area contributed by atoms with Crippen molar-refractivity contribution in [3.63, 3.8) is 0 Å². The van der Waals surface area contributed by atoms with Crippen molar-refractivity contribution in [2.24, 2.45) is 0 Å². The fourth-order valence-electron chi connectivity index (χ4n) is 4.22. The molecule has 2 heterocycles. The Morgan fingerprint density at radius 2 is 1.97 bits per heavy atom. The zero-order valence-corrected chi connectivity index (χ0v) is 17.4. The number of likely N-dealkylation sites (tertiary alicyclic amines) is 1. The van der Waals surface area contributed by atoms with Gasteiger partial charge in [-0.3, -0.25) is 0 Å². The Hall–Kier alpha value is -2.60. The van der Waals surface area contributed by atoms with Gasteiger partial charge in [0.15, 0.2) is 11.5 Å². The number of hydrogen-bond donors (Lipinski definition) is 1. The van der Waals surface area contributed by atoms with Crippen LogP contribution in [0.1, 0.15) is 25.7 Å². The van der Waals surface area contributed by atoms with E-state index in [0.29, 0.717) is 37.1 Å². The van der Waals surface area contributed by atoms with Crippen molar-refractivity contribution in [1.82, 2.24) is 9.88 Å². The first-order chi connectivity index (χ1) is 14.7. The summed E-state index contributed by atoms with van der Waals surface area (Å²) in [4.78, 5) is 7.04. The summed E-state index contributed by atoms with van der Waals surface area (Å²) >= 11 is 0. The Kier molecular flexibility index (Phi) is 5.34. The van der Waals surface area contributed by atoms with Crippen LogP contribution < -0.4 is 14.8 Å². The normalized spacial score (nSPS) is 19.5. The van der Waals surface area contributed by atoms with Crippen LogP contribution in [0.15, 0.2) is 36.4 Å². The molecule has 158 valence electrons. The minimum atomic E-state index is -0.675. The molecule has 1 saturated carbocycles. The number of nitrogens with zero attached hydrogens (tertiary/aromatic N) is 2. The lowest BCUT2D eigenvalue weighted by Gasteiger charge is -2.17. The molecule has 6 heteroatoms. The van der Waals surface area contributed by atoms with E-state index in [0.717, 1.165) is 47.0 Å². The maximum atomic E-state index is 13.3. The zero-order chi connectivity index (χ0) is 20.5. The van der Waals surface area contributed by atoms with Gasteiger partial charge in [0.2, 0.25) is 0 Å². The third kappa shape index (κ3) is 4.01. The Labute approximate surface area is 176 Å². The van der Waals surface area contributed by atoms with Crippen molar-refractivity contribution in [3.8, 4) is 11.5 Å². The van der Waals surface area contributed by atoms with Gasteiger partial charge in [-0.15, -0.1) is 0 Å². The SMILES string of the molecule is COc1cc2c(NC3CC3)c3ccccc3nc2cc1OCCCN1CC[C@H](F)C1. The number of ether oxygens (including phenoxy) is 2. The van der Waals surface area contributed by atoms with Crippen LogP contribution in [0.25, 0.3) is 21.8 Å². The van der Waals surface area contributed by atoms with Gasteiger partial charge in [-0.05, 0) is 37.8 Å². The molecule has 3 aromatic rings.